The first-order chi connectivity index (χ1) is 15.5. The van der Waals surface area contributed by atoms with Gasteiger partial charge in [0.15, 0.2) is 0 Å². The number of alkyl carbamates (subject to hydrolysis) is 1. The summed E-state index contributed by atoms with van der Waals surface area (Å²) in [6.45, 7) is 0.727. The predicted molar refractivity (Wildman–Crippen MR) is 117 cm³/mol. The van der Waals surface area contributed by atoms with E-state index >= 15 is 0 Å². The van der Waals surface area contributed by atoms with Gasteiger partial charge in [0.25, 0.3) is 0 Å². The number of carboxylic acids is 1. The second-order valence-electron chi connectivity index (χ2n) is 8.85. The van der Waals surface area contributed by atoms with Gasteiger partial charge in [-0.2, -0.15) is 0 Å². The first-order valence-corrected chi connectivity index (χ1v) is 11.2. The summed E-state index contributed by atoms with van der Waals surface area (Å²) in [5.74, 6) is -1.04. The number of carbonyl (C=O) groups is 3. The van der Waals surface area contributed by atoms with Gasteiger partial charge in [0.05, 0.1) is 6.42 Å². The van der Waals surface area contributed by atoms with Crippen molar-refractivity contribution in [2.24, 2.45) is 5.92 Å². The number of rotatable bonds is 7. The number of hydrogen-bond donors (Lipinski definition) is 2. The van der Waals surface area contributed by atoms with Crippen LogP contribution >= 0.6 is 0 Å². The maximum atomic E-state index is 12.9. The summed E-state index contributed by atoms with van der Waals surface area (Å²) in [7, 11) is 0. The standard InChI is InChI=1S/C25H26N2O5/c28-23(29)13-21(24(30)27-12-11-22(27)15-9-10-15)26-25(31)32-14-20-18-7-3-1-5-16(18)17-6-2-4-8-19(17)20/h1-8,15,20-22H,9-14H2,(H,26,31)(H,28,29). The Hall–Kier alpha value is -3.35. The zero-order chi connectivity index (χ0) is 22.2. The van der Waals surface area contributed by atoms with Crippen LogP contribution in [-0.4, -0.2) is 53.2 Å². The highest BCUT2D eigenvalue weighted by atomic mass is 16.5. The van der Waals surface area contributed by atoms with E-state index in [2.05, 4.69) is 17.4 Å². The molecule has 1 heterocycles. The zero-order valence-electron chi connectivity index (χ0n) is 17.7. The predicted octanol–water partition coefficient (Wildman–Crippen LogP) is 3.38. The minimum Gasteiger partial charge on any atom is -0.481 e. The quantitative estimate of drug-likeness (QED) is 0.697. The smallest absolute Gasteiger partial charge is 0.407 e. The summed E-state index contributed by atoms with van der Waals surface area (Å²) in [6.07, 6.45) is 1.93. The lowest BCUT2D eigenvalue weighted by molar-refractivity contribution is -0.147. The van der Waals surface area contributed by atoms with Crippen molar-refractivity contribution >= 4 is 18.0 Å². The largest absolute Gasteiger partial charge is 0.481 e. The molecule has 0 aromatic heterocycles. The Labute approximate surface area is 186 Å². The average Bonchev–Trinajstić information content (AvgIpc) is 3.52. The molecule has 1 aliphatic heterocycles. The summed E-state index contributed by atoms with van der Waals surface area (Å²) in [4.78, 5) is 38.5. The van der Waals surface area contributed by atoms with E-state index in [0.29, 0.717) is 12.5 Å². The van der Waals surface area contributed by atoms with E-state index < -0.39 is 24.5 Å². The van der Waals surface area contributed by atoms with Crippen molar-refractivity contribution in [2.45, 2.75) is 43.7 Å². The highest BCUT2D eigenvalue weighted by Gasteiger charge is 2.45. The van der Waals surface area contributed by atoms with Gasteiger partial charge in [-0.3, -0.25) is 9.59 Å². The van der Waals surface area contributed by atoms with Crippen LogP contribution in [0, 0.1) is 5.92 Å². The minimum absolute atomic E-state index is 0.101. The third-order valence-corrected chi connectivity index (χ3v) is 6.83. The second kappa shape index (κ2) is 8.30. The molecule has 0 radical (unpaired) electrons. The van der Waals surface area contributed by atoms with Gasteiger partial charge in [0.1, 0.15) is 12.6 Å². The number of hydrogen-bond acceptors (Lipinski definition) is 4. The Bertz CT molecular complexity index is 1020. The van der Waals surface area contributed by atoms with Gasteiger partial charge in [0.2, 0.25) is 5.91 Å². The number of benzene rings is 2. The van der Waals surface area contributed by atoms with Crippen molar-refractivity contribution in [3.8, 4) is 11.1 Å². The summed E-state index contributed by atoms with van der Waals surface area (Å²) in [5, 5.41) is 11.8. The van der Waals surface area contributed by atoms with Crippen molar-refractivity contribution in [1.82, 2.24) is 10.2 Å². The van der Waals surface area contributed by atoms with Crippen molar-refractivity contribution in [2.75, 3.05) is 13.2 Å². The van der Waals surface area contributed by atoms with E-state index in [0.717, 1.165) is 41.5 Å². The van der Waals surface area contributed by atoms with E-state index in [9.17, 15) is 19.5 Å². The fraction of sp³-hybridized carbons (Fsp3) is 0.400. The molecule has 5 rings (SSSR count). The number of nitrogens with one attached hydrogen (secondary N) is 1. The van der Waals surface area contributed by atoms with Crippen LogP contribution in [0.4, 0.5) is 4.79 Å². The number of carbonyl (C=O) groups excluding carboxylic acids is 2. The van der Waals surface area contributed by atoms with E-state index in [1.165, 1.54) is 0 Å². The van der Waals surface area contributed by atoms with Crippen LogP contribution in [0.2, 0.25) is 0 Å². The number of likely N-dealkylation sites (tertiary alicyclic amines) is 1. The molecule has 2 amide bonds. The van der Waals surface area contributed by atoms with Gasteiger partial charge in [-0.15, -0.1) is 0 Å². The summed E-state index contributed by atoms with van der Waals surface area (Å²) in [6, 6.07) is 15.1. The highest BCUT2D eigenvalue weighted by Crippen LogP contribution is 2.44. The van der Waals surface area contributed by atoms with Gasteiger partial charge < -0.3 is 20.1 Å². The average molecular weight is 434 g/mol. The number of nitrogens with zero attached hydrogens (tertiary/aromatic N) is 1. The van der Waals surface area contributed by atoms with E-state index in [1.807, 2.05) is 36.4 Å². The molecule has 2 aliphatic carbocycles. The van der Waals surface area contributed by atoms with Crippen molar-refractivity contribution < 1.29 is 24.2 Å². The molecule has 2 fully saturated rings. The maximum Gasteiger partial charge on any atom is 0.407 e. The number of ether oxygens (including phenoxy) is 1. The molecule has 0 bridgehead atoms. The van der Waals surface area contributed by atoms with Gasteiger partial charge in [-0.05, 0) is 47.4 Å². The molecule has 2 atom stereocenters. The van der Waals surface area contributed by atoms with E-state index in [1.54, 1.807) is 4.90 Å². The number of aliphatic carboxylic acids is 1. The van der Waals surface area contributed by atoms with E-state index in [4.69, 9.17) is 4.74 Å². The minimum atomic E-state index is -1.13. The maximum absolute atomic E-state index is 12.9. The van der Waals surface area contributed by atoms with Crippen molar-refractivity contribution in [3.05, 3.63) is 59.7 Å². The zero-order valence-corrected chi connectivity index (χ0v) is 17.7. The summed E-state index contributed by atoms with van der Waals surface area (Å²) in [5.41, 5.74) is 4.43. The molecule has 2 N–H and O–H groups in total. The third kappa shape index (κ3) is 3.83. The SMILES string of the molecule is O=C(O)CC(NC(=O)OCC1c2ccccc2-c2ccccc21)C(=O)N1CCC1C1CC1. The lowest BCUT2D eigenvalue weighted by Crippen LogP contribution is -2.59. The summed E-state index contributed by atoms with van der Waals surface area (Å²) < 4.78 is 5.51. The van der Waals surface area contributed by atoms with Crippen LogP contribution in [-0.2, 0) is 14.3 Å². The number of amides is 2. The molecule has 3 aliphatic rings. The van der Waals surface area contributed by atoms with Gasteiger partial charge in [0, 0.05) is 18.5 Å². The van der Waals surface area contributed by atoms with Crippen LogP contribution in [0.15, 0.2) is 48.5 Å². The topological polar surface area (TPSA) is 95.9 Å². The Morgan fingerprint density at radius 3 is 2.16 bits per heavy atom. The lowest BCUT2D eigenvalue weighted by Gasteiger charge is -2.43. The third-order valence-electron chi connectivity index (χ3n) is 6.83. The first-order valence-electron chi connectivity index (χ1n) is 11.2. The number of fused-ring (bicyclic) bond motifs is 3. The van der Waals surface area contributed by atoms with Crippen molar-refractivity contribution in [3.63, 3.8) is 0 Å². The molecule has 2 aromatic carbocycles. The molecule has 0 spiro atoms. The van der Waals surface area contributed by atoms with E-state index in [-0.39, 0.29) is 24.5 Å². The Morgan fingerprint density at radius 1 is 1.00 bits per heavy atom. The molecular formula is C25H26N2O5. The molecular weight excluding hydrogens is 408 g/mol. The van der Waals surface area contributed by atoms with Gasteiger partial charge >= 0.3 is 12.1 Å². The van der Waals surface area contributed by atoms with Crippen molar-refractivity contribution in [1.29, 1.82) is 0 Å². The Morgan fingerprint density at radius 2 is 1.62 bits per heavy atom. The van der Waals surface area contributed by atoms with Gasteiger partial charge in [-0.1, -0.05) is 48.5 Å². The monoisotopic (exact) mass is 434 g/mol. The molecule has 7 nitrogen and oxygen atoms in total. The second-order valence-corrected chi connectivity index (χ2v) is 8.85. The van der Waals surface area contributed by atoms with Gasteiger partial charge in [-0.25, -0.2) is 4.79 Å². The molecule has 1 saturated carbocycles. The molecule has 1 saturated heterocycles. The fourth-order valence-electron chi connectivity index (χ4n) is 5.01. The first kappa shape index (κ1) is 20.5. The molecule has 2 aromatic rings. The number of carboxylic acid groups (broad SMARTS) is 1. The van der Waals surface area contributed by atoms with Crippen LogP contribution in [0.5, 0.6) is 0 Å². The molecule has 2 unspecified atom stereocenters. The van der Waals surface area contributed by atoms with Crippen LogP contribution in [0.1, 0.15) is 42.7 Å². The molecule has 166 valence electrons. The Kier molecular flexibility index (Phi) is 5.33. The van der Waals surface area contributed by atoms with Crippen LogP contribution < -0.4 is 5.32 Å². The summed E-state index contributed by atoms with van der Waals surface area (Å²) >= 11 is 0. The Balaban J connectivity index is 1.25. The molecule has 7 heteroatoms. The normalized spacial score (nSPS) is 20.0. The molecule has 32 heavy (non-hydrogen) atoms. The van der Waals surface area contributed by atoms with Crippen LogP contribution in [0.25, 0.3) is 11.1 Å². The highest BCUT2D eigenvalue weighted by molar-refractivity contribution is 5.90. The fourth-order valence-corrected chi connectivity index (χ4v) is 5.01. The lowest BCUT2D eigenvalue weighted by atomic mass is 9.96. The van der Waals surface area contributed by atoms with Crippen LogP contribution in [0.3, 0.4) is 0 Å².